The molecule has 0 saturated carbocycles. The van der Waals surface area contributed by atoms with Gasteiger partial charge in [-0.15, -0.1) is 0 Å². The predicted octanol–water partition coefficient (Wildman–Crippen LogP) is 0.382. The first-order valence-electron chi connectivity index (χ1n) is 9.10. The van der Waals surface area contributed by atoms with Crippen LogP contribution in [0.5, 0.6) is 5.75 Å². The van der Waals surface area contributed by atoms with Crippen LogP contribution in [-0.4, -0.2) is 47.2 Å². The van der Waals surface area contributed by atoms with Crippen molar-refractivity contribution in [1.29, 1.82) is 0 Å². The fourth-order valence-corrected chi connectivity index (χ4v) is 3.39. The molecule has 0 saturated heterocycles. The van der Waals surface area contributed by atoms with Crippen LogP contribution in [0.4, 0.5) is 0 Å². The lowest BCUT2D eigenvalue weighted by Gasteiger charge is -2.17. The van der Waals surface area contributed by atoms with Gasteiger partial charge in [0.25, 0.3) is 11.5 Å². The fourth-order valence-electron chi connectivity index (χ4n) is 3.39. The van der Waals surface area contributed by atoms with Crippen molar-refractivity contribution < 1.29 is 9.53 Å². The molecule has 0 unspecified atom stereocenters. The van der Waals surface area contributed by atoms with Crippen molar-refractivity contribution in [3.63, 3.8) is 0 Å². The zero-order chi connectivity index (χ0) is 19.4. The minimum Gasteiger partial charge on any atom is -0.496 e. The number of aryl methyl sites for hydroxylation is 2. The number of rotatable bonds is 5. The summed E-state index contributed by atoms with van der Waals surface area (Å²) in [7, 11) is 1.47. The lowest BCUT2D eigenvalue weighted by Crippen LogP contribution is -2.32. The van der Waals surface area contributed by atoms with E-state index in [9.17, 15) is 9.59 Å². The Kier molecular flexibility index (Phi) is 5.85. The number of nitrogens with one attached hydrogen (secondary N) is 2. The van der Waals surface area contributed by atoms with Gasteiger partial charge in [-0.25, -0.2) is 9.97 Å². The van der Waals surface area contributed by atoms with Crippen LogP contribution in [0.2, 0.25) is 0 Å². The van der Waals surface area contributed by atoms with Gasteiger partial charge in [-0.05, 0) is 19.9 Å². The van der Waals surface area contributed by atoms with E-state index in [1.807, 2.05) is 19.9 Å². The zero-order valence-corrected chi connectivity index (χ0v) is 16.0. The lowest BCUT2D eigenvalue weighted by atomic mass is 10.1. The van der Waals surface area contributed by atoms with E-state index < -0.39 is 0 Å². The molecule has 8 nitrogen and oxygen atoms in total. The molecule has 0 aromatic carbocycles. The van der Waals surface area contributed by atoms with E-state index in [1.54, 1.807) is 4.57 Å². The first-order valence-corrected chi connectivity index (χ1v) is 9.10. The number of fused-ring (bicyclic) bond motifs is 1. The van der Waals surface area contributed by atoms with E-state index in [0.29, 0.717) is 61.9 Å². The van der Waals surface area contributed by atoms with Gasteiger partial charge in [0.05, 0.1) is 7.11 Å². The maximum atomic E-state index is 12.9. The number of hydrogen-bond donors (Lipinski definition) is 2. The third-order valence-corrected chi connectivity index (χ3v) is 4.54. The minimum absolute atomic E-state index is 0.147. The molecule has 2 aromatic rings. The van der Waals surface area contributed by atoms with Crippen molar-refractivity contribution in [3.8, 4) is 5.75 Å². The monoisotopic (exact) mass is 371 g/mol. The van der Waals surface area contributed by atoms with Crippen molar-refractivity contribution in [2.24, 2.45) is 0 Å². The van der Waals surface area contributed by atoms with Crippen LogP contribution >= 0.6 is 0 Å². The van der Waals surface area contributed by atoms with Gasteiger partial charge in [-0.1, -0.05) is 0 Å². The predicted molar refractivity (Wildman–Crippen MR) is 101 cm³/mol. The Bertz CT molecular complexity index is 887. The Morgan fingerprint density at radius 2 is 2.00 bits per heavy atom. The number of nitrogens with zero attached hydrogens (tertiary/aromatic N) is 3. The summed E-state index contributed by atoms with van der Waals surface area (Å²) in [6.07, 6.45) is 1.13. The second kappa shape index (κ2) is 8.30. The Hall–Kier alpha value is -2.74. The molecule has 0 radical (unpaired) electrons. The summed E-state index contributed by atoms with van der Waals surface area (Å²) in [5.41, 5.74) is 2.81. The maximum absolute atomic E-state index is 12.9. The SMILES string of the molecule is COc1cc(=O)n2c(c1C(=O)NCCc1nc(C)cc(C)n1)CCNCC2. The smallest absolute Gasteiger partial charge is 0.256 e. The lowest BCUT2D eigenvalue weighted by molar-refractivity contribution is 0.0949. The summed E-state index contributed by atoms with van der Waals surface area (Å²) >= 11 is 0. The quantitative estimate of drug-likeness (QED) is 0.789. The standard InChI is InChI=1S/C19H25N5O3/c1-12-10-13(2)23-16(22-12)5-7-21-19(26)18-14-4-6-20-8-9-24(14)17(25)11-15(18)27-3/h10-11,20H,4-9H2,1-3H3,(H,21,26). The Morgan fingerprint density at radius 3 is 2.70 bits per heavy atom. The van der Waals surface area contributed by atoms with E-state index in [0.717, 1.165) is 11.4 Å². The van der Waals surface area contributed by atoms with E-state index in [-0.39, 0.29) is 11.5 Å². The van der Waals surface area contributed by atoms with Crippen LogP contribution in [0, 0.1) is 13.8 Å². The molecule has 1 amide bonds. The molecular formula is C19H25N5O3. The Labute approximate surface area is 158 Å². The molecule has 3 heterocycles. The highest BCUT2D eigenvalue weighted by molar-refractivity contribution is 5.98. The highest BCUT2D eigenvalue weighted by atomic mass is 16.5. The molecule has 2 N–H and O–H groups in total. The highest BCUT2D eigenvalue weighted by Gasteiger charge is 2.23. The van der Waals surface area contributed by atoms with E-state index in [4.69, 9.17) is 4.74 Å². The fraction of sp³-hybridized carbons (Fsp3) is 0.474. The van der Waals surface area contributed by atoms with Crippen LogP contribution < -0.4 is 20.9 Å². The van der Waals surface area contributed by atoms with Gasteiger partial charge in [0.1, 0.15) is 17.1 Å². The van der Waals surface area contributed by atoms with Gasteiger partial charge >= 0.3 is 0 Å². The number of amides is 1. The summed E-state index contributed by atoms with van der Waals surface area (Å²) < 4.78 is 6.99. The van der Waals surface area contributed by atoms with Crippen LogP contribution in [-0.2, 0) is 19.4 Å². The molecule has 3 rings (SSSR count). The van der Waals surface area contributed by atoms with Crippen LogP contribution in [0.3, 0.4) is 0 Å². The number of carbonyl (C=O) groups excluding carboxylic acids is 1. The van der Waals surface area contributed by atoms with Gasteiger partial charge in [-0.3, -0.25) is 9.59 Å². The third kappa shape index (κ3) is 4.33. The molecule has 27 heavy (non-hydrogen) atoms. The van der Waals surface area contributed by atoms with E-state index in [1.165, 1.54) is 13.2 Å². The molecular weight excluding hydrogens is 346 g/mol. The van der Waals surface area contributed by atoms with Crippen molar-refractivity contribution in [3.05, 3.63) is 51.0 Å². The normalized spacial score (nSPS) is 13.6. The molecule has 0 atom stereocenters. The minimum atomic E-state index is -0.248. The number of aromatic nitrogens is 3. The third-order valence-electron chi connectivity index (χ3n) is 4.54. The summed E-state index contributed by atoms with van der Waals surface area (Å²) in [6, 6.07) is 3.30. The molecule has 1 aliphatic rings. The van der Waals surface area contributed by atoms with Gasteiger partial charge in [0.15, 0.2) is 0 Å². The molecule has 0 bridgehead atoms. The summed E-state index contributed by atoms with van der Waals surface area (Å²) in [5.74, 6) is 0.766. The van der Waals surface area contributed by atoms with Crippen molar-refractivity contribution in [2.75, 3.05) is 26.7 Å². The molecule has 2 aromatic heterocycles. The second-order valence-corrected chi connectivity index (χ2v) is 6.60. The van der Waals surface area contributed by atoms with Crippen molar-refractivity contribution >= 4 is 5.91 Å². The van der Waals surface area contributed by atoms with Crippen LogP contribution in [0.1, 0.15) is 33.3 Å². The summed E-state index contributed by atoms with van der Waals surface area (Å²) in [6.45, 7) is 6.20. The molecule has 1 aliphatic heterocycles. The van der Waals surface area contributed by atoms with E-state index in [2.05, 4.69) is 20.6 Å². The molecule has 144 valence electrons. The largest absolute Gasteiger partial charge is 0.496 e. The number of methoxy groups -OCH3 is 1. The molecule has 8 heteroatoms. The Balaban J connectivity index is 1.80. The van der Waals surface area contributed by atoms with Crippen molar-refractivity contribution in [1.82, 2.24) is 25.2 Å². The Morgan fingerprint density at radius 1 is 1.26 bits per heavy atom. The van der Waals surface area contributed by atoms with Gasteiger partial charge in [0.2, 0.25) is 0 Å². The molecule has 0 aliphatic carbocycles. The topological polar surface area (TPSA) is 98.1 Å². The zero-order valence-electron chi connectivity index (χ0n) is 16.0. The first kappa shape index (κ1) is 19.0. The first-order chi connectivity index (χ1) is 13.0. The van der Waals surface area contributed by atoms with E-state index >= 15 is 0 Å². The summed E-state index contributed by atoms with van der Waals surface area (Å²) in [4.78, 5) is 34.0. The van der Waals surface area contributed by atoms with Crippen molar-refractivity contribution in [2.45, 2.75) is 33.2 Å². The average molecular weight is 371 g/mol. The maximum Gasteiger partial charge on any atom is 0.256 e. The number of ether oxygens (including phenoxy) is 1. The number of pyridine rings is 1. The van der Waals surface area contributed by atoms with Gasteiger partial charge in [0, 0.05) is 62.2 Å². The average Bonchev–Trinajstić information content (AvgIpc) is 2.87. The number of carbonyl (C=O) groups is 1. The second-order valence-electron chi connectivity index (χ2n) is 6.60. The van der Waals surface area contributed by atoms with Crippen LogP contribution in [0.15, 0.2) is 16.9 Å². The van der Waals surface area contributed by atoms with Gasteiger partial charge in [-0.2, -0.15) is 0 Å². The van der Waals surface area contributed by atoms with Gasteiger partial charge < -0.3 is 19.9 Å². The summed E-state index contributed by atoms with van der Waals surface area (Å²) in [5, 5.41) is 6.17. The molecule has 0 spiro atoms. The number of hydrogen-bond acceptors (Lipinski definition) is 6. The molecule has 0 fully saturated rings. The highest BCUT2D eigenvalue weighted by Crippen LogP contribution is 2.21. The van der Waals surface area contributed by atoms with Crippen LogP contribution in [0.25, 0.3) is 0 Å².